The van der Waals surface area contributed by atoms with Gasteiger partial charge in [-0.25, -0.2) is 9.38 Å². The molecule has 0 atom stereocenters. The van der Waals surface area contributed by atoms with Crippen molar-refractivity contribution in [3.63, 3.8) is 0 Å². The SMILES string of the molecule is CC1=CC#CCC2=C(C3=NCC(C)(C)C(C)(C)c4c(F)cccc43)N=C12. The number of benzene rings is 1. The highest BCUT2D eigenvalue weighted by Gasteiger charge is 2.44. The lowest BCUT2D eigenvalue weighted by Gasteiger charge is -2.40. The maximum absolute atomic E-state index is 15.0. The van der Waals surface area contributed by atoms with E-state index in [0.717, 1.165) is 39.4 Å². The fraction of sp³-hybridized carbons (Fsp3) is 0.391. The molecule has 2 nitrogen and oxygen atoms in total. The molecule has 0 N–H and O–H groups in total. The van der Waals surface area contributed by atoms with E-state index in [1.54, 1.807) is 12.1 Å². The third-order valence-corrected chi connectivity index (χ3v) is 6.27. The monoisotopic (exact) mass is 346 g/mol. The molecule has 3 aliphatic rings. The first-order valence-electron chi connectivity index (χ1n) is 9.06. The average molecular weight is 346 g/mol. The third-order valence-electron chi connectivity index (χ3n) is 6.27. The van der Waals surface area contributed by atoms with Gasteiger partial charge >= 0.3 is 0 Å². The van der Waals surface area contributed by atoms with Crippen molar-refractivity contribution in [2.45, 2.75) is 46.5 Å². The number of hydrogen-bond donors (Lipinski definition) is 0. The summed E-state index contributed by atoms with van der Waals surface area (Å²) in [6.07, 6.45) is 2.58. The lowest BCUT2D eigenvalue weighted by molar-refractivity contribution is 0.205. The van der Waals surface area contributed by atoms with Crippen LogP contribution in [-0.2, 0) is 5.41 Å². The van der Waals surface area contributed by atoms with Crippen molar-refractivity contribution >= 4 is 11.4 Å². The Bertz CT molecular complexity index is 1000. The Kier molecular flexibility index (Phi) is 3.60. The molecule has 2 heterocycles. The summed E-state index contributed by atoms with van der Waals surface area (Å²) in [5, 5.41) is 0. The van der Waals surface area contributed by atoms with E-state index in [4.69, 9.17) is 9.98 Å². The van der Waals surface area contributed by atoms with Gasteiger partial charge in [0.2, 0.25) is 0 Å². The molecule has 0 aromatic heterocycles. The summed E-state index contributed by atoms with van der Waals surface area (Å²) in [4.78, 5) is 9.71. The number of halogens is 1. The molecule has 0 spiro atoms. The van der Waals surface area contributed by atoms with Crippen molar-refractivity contribution in [3.8, 4) is 11.8 Å². The number of nitrogens with zero attached hydrogens (tertiary/aromatic N) is 2. The van der Waals surface area contributed by atoms with Crippen molar-refractivity contribution in [3.05, 3.63) is 58.1 Å². The number of fused-ring (bicyclic) bond motifs is 2. The van der Waals surface area contributed by atoms with Crippen LogP contribution in [0.5, 0.6) is 0 Å². The molecular weight excluding hydrogens is 323 g/mol. The average Bonchev–Trinajstić information content (AvgIpc) is 2.73. The van der Waals surface area contributed by atoms with Crippen LogP contribution in [0.3, 0.4) is 0 Å². The van der Waals surface area contributed by atoms with Crippen LogP contribution in [0.25, 0.3) is 0 Å². The predicted molar refractivity (Wildman–Crippen MR) is 105 cm³/mol. The number of rotatable bonds is 1. The zero-order valence-corrected chi connectivity index (χ0v) is 16.0. The second-order valence-electron chi connectivity index (χ2n) is 8.45. The van der Waals surface area contributed by atoms with Crippen LogP contribution in [0.2, 0.25) is 0 Å². The Morgan fingerprint density at radius 3 is 2.65 bits per heavy atom. The summed E-state index contributed by atoms with van der Waals surface area (Å²) in [7, 11) is 0. The Hall–Kier alpha value is -2.47. The summed E-state index contributed by atoms with van der Waals surface area (Å²) in [5.41, 5.74) is 6.00. The molecule has 0 saturated carbocycles. The zero-order valence-electron chi connectivity index (χ0n) is 16.0. The highest BCUT2D eigenvalue weighted by atomic mass is 19.1. The second kappa shape index (κ2) is 5.51. The van der Waals surface area contributed by atoms with Crippen LogP contribution in [-0.4, -0.2) is 18.0 Å². The van der Waals surface area contributed by atoms with Crippen molar-refractivity contribution < 1.29 is 4.39 Å². The van der Waals surface area contributed by atoms with Crippen molar-refractivity contribution in [2.75, 3.05) is 6.54 Å². The topological polar surface area (TPSA) is 24.7 Å². The molecule has 1 aromatic rings. The molecule has 0 bridgehead atoms. The van der Waals surface area contributed by atoms with Crippen LogP contribution in [0.4, 0.5) is 4.39 Å². The summed E-state index contributed by atoms with van der Waals surface area (Å²) in [6, 6.07) is 5.30. The molecule has 0 amide bonds. The molecular formula is C23H23FN2. The second-order valence-corrected chi connectivity index (χ2v) is 8.45. The number of hydrogen-bond acceptors (Lipinski definition) is 2. The fourth-order valence-corrected chi connectivity index (χ4v) is 3.82. The predicted octanol–water partition coefficient (Wildman–Crippen LogP) is 4.99. The van der Waals surface area contributed by atoms with Crippen LogP contribution < -0.4 is 0 Å². The molecule has 0 radical (unpaired) electrons. The van der Waals surface area contributed by atoms with Gasteiger partial charge in [-0.1, -0.05) is 51.7 Å². The van der Waals surface area contributed by atoms with Gasteiger partial charge in [-0.2, -0.15) is 0 Å². The molecule has 0 saturated heterocycles. The van der Waals surface area contributed by atoms with Crippen molar-refractivity contribution in [1.82, 2.24) is 0 Å². The highest BCUT2D eigenvalue weighted by molar-refractivity contribution is 6.28. The van der Waals surface area contributed by atoms with Gasteiger partial charge in [-0.3, -0.25) is 4.99 Å². The minimum Gasteiger partial charge on any atom is -0.282 e. The van der Waals surface area contributed by atoms with E-state index < -0.39 is 0 Å². The zero-order chi connectivity index (χ0) is 18.7. The largest absolute Gasteiger partial charge is 0.282 e. The first-order valence-corrected chi connectivity index (χ1v) is 9.06. The Balaban J connectivity index is 1.93. The van der Waals surface area contributed by atoms with Gasteiger partial charge in [0.25, 0.3) is 0 Å². The van der Waals surface area contributed by atoms with E-state index in [2.05, 4.69) is 39.5 Å². The van der Waals surface area contributed by atoms with E-state index in [0.29, 0.717) is 13.0 Å². The third kappa shape index (κ3) is 2.25. The van der Waals surface area contributed by atoms with Gasteiger partial charge < -0.3 is 0 Å². The molecule has 26 heavy (non-hydrogen) atoms. The standard InChI is InChI=1S/C23H23FN2/c1-14-9-6-7-10-16-19(14)26-21(16)20-15-11-8-12-17(24)18(15)23(4,5)22(2,3)13-25-20/h8-9,11-12H,10,13H2,1-5H3. The van der Waals surface area contributed by atoms with Gasteiger partial charge in [-0.15, -0.1) is 0 Å². The van der Waals surface area contributed by atoms with Gasteiger partial charge in [0.05, 0.1) is 17.1 Å². The lowest BCUT2D eigenvalue weighted by Crippen LogP contribution is -2.39. The van der Waals surface area contributed by atoms with Gasteiger partial charge in [0.15, 0.2) is 0 Å². The highest BCUT2D eigenvalue weighted by Crippen LogP contribution is 2.47. The first kappa shape index (κ1) is 17.0. The van der Waals surface area contributed by atoms with Gasteiger partial charge in [0.1, 0.15) is 5.82 Å². The minimum atomic E-state index is -0.348. The maximum atomic E-state index is 15.0. The minimum absolute atomic E-state index is 0.166. The molecule has 0 fully saturated rings. The van der Waals surface area contributed by atoms with Crippen LogP contribution >= 0.6 is 0 Å². The Labute approximate surface area is 154 Å². The number of aliphatic imine (C=N–C) groups is 2. The van der Waals surface area contributed by atoms with E-state index >= 15 is 0 Å². The lowest BCUT2D eigenvalue weighted by atomic mass is 9.63. The molecule has 132 valence electrons. The van der Waals surface area contributed by atoms with Crippen LogP contribution in [0, 0.1) is 23.1 Å². The molecule has 4 rings (SSSR count). The Morgan fingerprint density at radius 1 is 1.12 bits per heavy atom. The van der Waals surface area contributed by atoms with Gasteiger partial charge in [0, 0.05) is 35.1 Å². The Morgan fingerprint density at radius 2 is 1.88 bits per heavy atom. The van der Waals surface area contributed by atoms with Gasteiger partial charge in [-0.05, 0) is 30.1 Å². The smallest absolute Gasteiger partial charge is 0.127 e. The fourth-order valence-electron chi connectivity index (χ4n) is 3.82. The molecule has 3 heteroatoms. The molecule has 1 aliphatic carbocycles. The number of allylic oxidation sites excluding steroid dienone is 4. The van der Waals surface area contributed by atoms with Crippen molar-refractivity contribution in [1.29, 1.82) is 0 Å². The molecule has 0 unspecified atom stereocenters. The molecule has 2 aliphatic heterocycles. The maximum Gasteiger partial charge on any atom is 0.127 e. The van der Waals surface area contributed by atoms with Crippen LogP contribution in [0.1, 0.15) is 52.2 Å². The first-order chi connectivity index (χ1) is 12.2. The molecule has 1 aromatic carbocycles. The van der Waals surface area contributed by atoms with E-state index in [-0.39, 0.29) is 16.6 Å². The summed E-state index contributed by atoms with van der Waals surface area (Å²) in [6.45, 7) is 11.2. The van der Waals surface area contributed by atoms with Crippen LogP contribution in [0.15, 0.2) is 51.1 Å². The van der Waals surface area contributed by atoms with Crippen molar-refractivity contribution in [2.24, 2.45) is 15.4 Å². The summed E-state index contributed by atoms with van der Waals surface area (Å²) < 4.78 is 15.0. The summed E-state index contributed by atoms with van der Waals surface area (Å²) in [5.74, 6) is 6.06. The summed E-state index contributed by atoms with van der Waals surface area (Å²) >= 11 is 0. The van der Waals surface area contributed by atoms with E-state index in [1.165, 1.54) is 0 Å². The van der Waals surface area contributed by atoms with E-state index in [9.17, 15) is 4.39 Å². The normalized spacial score (nSPS) is 22.3. The quantitative estimate of drug-likeness (QED) is 0.640. The van der Waals surface area contributed by atoms with E-state index in [1.807, 2.05) is 19.1 Å².